The normalized spacial score (nSPS) is 11.2. The van der Waals surface area contributed by atoms with E-state index in [9.17, 15) is 0 Å². The topological polar surface area (TPSA) is 38.0 Å². The van der Waals surface area contributed by atoms with Gasteiger partial charge in [0.1, 0.15) is 0 Å². The van der Waals surface area contributed by atoms with E-state index in [1.54, 1.807) is 0 Å². The van der Waals surface area contributed by atoms with Gasteiger partial charge in [0.05, 0.1) is 11.4 Å². The van der Waals surface area contributed by atoms with Gasteiger partial charge in [-0.05, 0) is 45.7 Å². The SMILES string of the molecule is CC(C)=CCC/C(C)=C/CNc1ccccc1N. The fourth-order valence-electron chi connectivity index (χ4n) is 1.68. The molecule has 1 aromatic carbocycles. The molecule has 0 spiro atoms. The van der Waals surface area contributed by atoms with Crippen LogP contribution in [-0.4, -0.2) is 6.54 Å². The molecule has 2 nitrogen and oxygen atoms in total. The van der Waals surface area contributed by atoms with Crippen LogP contribution in [0.5, 0.6) is 0 Å². The Morgan fingerprint density at radius 2 is 1.89 bits per heavy atom. The zero-order valence-corrected chi connectivity index (χ0v) is 11.7. The van der Waals surface area contributed by atoms with Crippen LogP contribution in [0.4, 0.5) is 11.4 Å². The average molecular weight is 244 g/mol. The Hall–Kier alpha value is -1.70. The fourth-order valence-corrected chi connectivity index (χ4v) is 1.68. The molecule has 0 saturated carbocycles. The molecule has 0 heterocycles. The van der Waals surface area contributed by atoms with E-state index in [-0.39, 0.29) is 0 Å². The van der Waals surface area contributed by atoms with E-state index < -0.39 is 0 Å². The van der Waals surface area contributed by atoms with Crippen molar-refractivity contribution in [2.45, 2.75) is 33.6 Å². The third kappa shape index (κ3) is 5.58. The van der Waals surface area contributed by atoms with E-state index in [2.05, 4.69) is 38.2 Å². The molecule has 0 amide bonds. The second-order valence-electron chi connectivity index (χ2n) is 4.84. The smallest absolute Gasteiger partial charge is 0.0576 e. The summed E-state index contributed by atoms with van der Waals surface area (Å²) >= 11 is 0. The molecule has 0 saturated heterocycles. The van der Waals surface area contributed by atoms with Gasteiger partial charge >= 0.3 is 0 Å². The highest BCUT2D eigenvalue weighted by Crippen LogP contribution is 2.16. The summed E-state index contributed by atoms with van der Waals surface area (Å²) in [5.74, 6) is 0. The summed E-state index contributed by atoms with van der Waals surface area (Å²) in [4.78, 5) is 0. The number of hydrogen-bond acceptors (Lipinski definition) is 2. The van der Waals surface area contributed by atoms with Crippen LogP contribution >= 0.6 is 0 Å². The third-order valence-electron chi connectivity index (χ3n) is 2.80. The van der Waals surface area contributed by atoms with Gasteiger partial charge in [-0.3, -0.25) is 0 Å². The Morgan fingerprint density at radius 3 is 2.56 bits per heavy atom. The predicted octanol–water partition coefficient (Wildman–Crippen LogP) is 4.37. The van der Waals surface area contributed by atoms with Crippen LogP contribution in [0, 0.1) is 0 Å². The molecular formula is C16H24N2. The molecule has 3 N–H and O–H groups in total. The molecule has 0 aliphatic heterocycles. The lowest BCUT2D eigenvalue weighted by atomic mass is 10.1. The molecule has 0 fully saturated rings. The summed E-state index contributed by atoms with van der Waals surface area (Å²) in [6.45, 7) is 7.28. The monoisotopic (exact) mass is 244 g/mol. The molecule has 1 aromatic rings. The fraction of sp³-hybridized carbons (Fsp3) is 0.375. The Kier molecular flexibility index (Phi) is 6.06. The van der Waals surface area contributed by atoms with E-state index in [0.717, 1.165) is 30.8 Å². The number of benzene rings is 1. The Morgan fingerprint density at radius 1 is 1.17 bits per heavy atom. The van der Waals surface area contributed by atoms with Crippen molar-refractivity contribution >= 4 is 11.4 Å². The van der Waals surface area contributed by atoms with Crippen LogP contribution in [0.2, 0.25) is 0 Å². The summed E-state index contributed by atoms with van der Waals surface area (Å²) in [5, 5.41) is 3.33. The molecule has 1 rings (SSSR count). The van der Waals surface area contributed by atoms with E-state index in [0.29, 0.717) is 0 Å². The zero-order valence-electron chi connectivity index (χ0n) is 11.7. The molecule has 0 aliphatic carbocycles. The summed E-state index contributed by atoms with van der Waals surface area (Å²) in [7, 11) is 0. The highest BCUT2D eigenvalue weighted by atomic mass is 14.9. The lowest BCUT2D eigenvalue weighted by Gasteiger charge is -2.07. The van der Waals surface area contributed by atoms with Crippen LogP contribution in [0.15, 0.2) is 47.6 Å². The molecule has 2 heteroatoms. The molecule has 0 aliphatic rings. The third-order valence-corrected chi connectivity index (χ3v) is 2.80. The van der Waals surface area contributed by atoms with Crippen molar-refractivity contribution in [1.29, 1.82) is 0 Å². The van der Waals surface area contributed by atoms with Gasteiger partial charge in [-0.25, -0.2) is 0 Å². The second-order valence-corrected chi connectivity index (χ2v) is 4.84. The van der Waals surface area contributed by atoms with E-state index >= 15 is 0 Å². The molecular weight excluding hydrogens is 220 g/mol. The number of nitrogens with two attached hydrogens (primary N) is 1. The number of nitrogens with one attached hydrogen (secondary N) is 1. The average Bonchev–Trinajstić information content (AvgIpc) is 2.31. The minimum absolute atomic E-state index is 0.799. The molecule has 18 heavy (non-hydrogen) atoms. The molecule has 0 unspecified atom stereocenters. The Labute approximate surface area is 111 Å². The van der Waals surface area contributed by atoms with Crippen LogP contribution in [0.1, 0.15) is 33.6 Å². The number of nitrogen functional groups attached to an aromatic ring is 1. The molecule has 0 atom stereocenters. The van der Waals surface area contributed by atoms with Gasteiger partial charge in [0.2, 0.25) is 0 Å². The van der Waals surface area contributed by atoms with Crippen molar-refractivity contribution in [1.82, 2.24) is 0 Å². The van der Waals surface area contributed by atoms with E-state index in [1.807, 2.05) is 24.3 Å². The first-order valence-electron chi connectivity index (χ1n) is 6.47. The Balaban J connectivity index is 2.36. The van der Waals surface area contributed by atoms with Gasteiger partial charge in [-0.1, -0.05) is 35.4 Å². The van der Waals surface area contributed by atoms with Crippen LogP contribution in [-0.2, 0) is 0 Å². The first-order valence-corrected chi connectivity index (χ1v) is 6.47. The van der Waals surface area contributed by atoms with Crippen molar-refractivity contribution in [3.05, 3.63) is 47.6 Å². The quantitative estimate of drug-likeness (QED) is 0.576. The summed E-state index contributed by atoms with van der Waals surface area (Å²) in [5.41, 5.74) is 10.5. The number of rotatable bonds is 6. The Bertz CT molecular complexity index is 426. The first-order chi connectivity index (χ1) is 8.59. The molecule has 0 radical (unpaired) electrons. The molecule has 98 valence electrons. The molecule has 0 bridgehead atoms. The summed E-state index contributed by atoms with van der Waals surface area (Å²) < 4.78 is 0. The second kappa shape index (κ2) is 7.59. The number of para-hydroxylation sites is 2. The minimum atomic E-state index is 0.799. The maximum absolute atomic E-state index is 5.86. The molecule has 0 aromatic heterocycles. The van der Waals surface area contributed by atoms with Crippen molar-refractivity contribution < 1.29 is 0 Å². The van der Waals surface area contributed by atoms with Gasteiger partial charge in [0.15, 0.2) is 0 Å². The van der Waals surface area contributed by atoms with E-state index in [4.69, 9.17) is 5.73 Å². The standard InChI is InChI=1S/C16H24N2/c1-13(2)7-6-8-14(3)11-12-18-16-10-5-4-9-15(16)17/h4-5,7,9-11,18H,6,8,12,17H2,1-3H3/b14-11+. The number of allylic oxidation sites excluding steroid dienone is 3. The van der Waals surface area contributed by atoms with Gasteiger partial charge in [0.25, 0.3) is 0 Å². The number of hydrogen-bond donors (Lipinski definition) is 2. The maximum atomic E-state index is 5.86. The van der Waals surface area contributed by atoms with Gasteiger partial charge in [-0.15, -0.1) is 0 Å². The lowest BCUT2D eigenvalue weighted by molar-refractivity contribution is 0.959. The van der Waals surface area contributed by atoms with Crippen molar-refractivity contribution in [3.8, 4) is 0 Å². The van der Waals surface area contributed by atoms with Crippen LogP contribution < -0.4 is 11.1 Å². The van der Waals surface area contributed by atoms with Crippen LogP contribution in [0.3, 0.4) is 0 Å². The highest BCUT2D eigenvalue weighted by molar-refractivity contribution is 5.65. The number of anilines is 2. The van der Waals surface area contributed by atoms with Gasteiger partial charge < -0.3 is 11.1 Å². The van der Waals surface area contributed by atoms with Gasteiger partial charge in [-0.2, -0.15) is 0 Å². The van der Waals surface area contributed by atoms with Crippen molar-refractivity contribution in [2.75, 3.05) is 17.6 Å². The minimum Gasteiger partial charge on any atom is -0.397 e. The first kappa shape index (κ1) is 14.4. The maximum Gasteiger partial charge on any atom is 0.0576 e. The largest absolute Gasteiger partial charge is 0.397 e. The highest BCUT2D eigenvalue weighted by Gasteiger charge is 1.94. The van der Waals surface area contributed by atoms with Crippen LogP contribution in [0.25, 0.3) is 0 Å². The van der Waals surface area contributed by atoms with Gasteiger partial charge in [0, 0.05) is 6.54 Å². The van der Waals surface area contributed by atoms with Crippen molar-refractivity contribution in [2.24, 2.45) is 0 Å². The zero-order chi connectivity index (χ0) is 13.4. The lowest BCUT2D eigenvalue weighted by Crippen LogP contribution is -2.02. The van der Waals surface area contributed by atoms with E-state index in [1.165, 1.54) is 11.1 Å². The summed E-state index contributed by atoms with van der Waals surface area (Å²) in [6, 6.07) is 7.85. The predicted molar refractivity (Wildman–Crippen MR) is 81.8 cm³/mol. The summed E-state index contributed by atoms with van der Waals surface area (Å²) in [6.07, 6.45) is 6.75. The van der Waals surface area contributed by atoms with Crippen molar-refractivity contribution in [3.63, 3.8) is 0 Å².